The van der Waals surface area contributed by atoms with Crippen molar-refractivity contribution in [1.82, 2.24) is 0 Å². The molecule has 0 aliphatic carbocycles. The first-order valence-corrected chi connectivity index (χ1v) is 8.10. The van der Waals surface area contributed by atoms with Gasteiger partial charge in [-0.15, -0.1) is 0 Å². The lowest BCUT2D eigenvalue weighted by Gasteiger charge is -2.30. The summed E-state index contributed by atoms with van der Waals surface area (Å²) < 4.78 is 4.70. The molecule has 0 unspecified atom stereocenters. The first kappa shape index (κ1) is 17.3. The summed E-state index contributed by atoms with van der Waals surface area (Å²) in [6.07, 6.45) is 0. The van der Waals surface area contributed by atoms with Crippen molar-refractivity contribution in [2.24, 2.45) is 0 Å². The minimum atomic E-state index is -0.0879. The molecule has 4 heteroatoms. The van der Waals surface area contributed by atoms with Crippen LogP contribution in [0.2, 0.25) is 0 Å². The van der Waals surface area contributed by atoms with E-state index in [1.807, 2.05) is 12.1 Å². The van der Waals surface area contributed by atoms with Gasteiger partial charge in [0, 0.05) is 4.90 Å². The number of fused-ring (bicyclic) bond motifs is 1. The Balaban J connectivity index is 2.88. The lowest BCUT2D eigenvalue weighted by Crippen LogP contribution is -2.20. The second kappa shape index (κ2) is 6.20. The van der Waals surface area contributed by atoms with Crippen LogP contribution in [0.5, 0.6) is 0 Å². The van der Waals surface area contributed by atoms with E-state index in [2.05, 4.69) is 64.8 Å². The molecule has 120 valence electrons. The van der Waals surface area contributed by atoms with Crippen LogP contribution in [0.15, 0.2) is 35.2 Å². The topological polar surface area (TPSA) is 41.5 Å². The standard InChI is InChI=1S/C18H24O3S/c1-17(2,3)14-11-12-9-7-8-10-13(12)15(18(4,5)6)16(14)22-21-20-19/h7-11,19H,1-6H3/p-1. The Morgan fingerprint density at radius 1 is 0.955 bits per heavy atom. The predicted octanol–water partition coefficient (Wildman–Crippen LogP) is 4.67. The largest absolute Gasteiger partial charge is 0.691 e. The van der Waals surface area contributed by atoms with Gasteiger partial charge in [-0.05, 0) is 38.8 Å². The smallest absolute Gasteiger partial charge is 0.0680 e. The zero-order valence-corrected chi connectivity index (χ0v) is 14.8. The van der Waals surface area contributed by atoms with Crippen molar-refractivity contribution >= 4 is 22.8 Å². The first-order chi connectivity index (χ1) is 10.2. The fourth-order valence-electron chi connectivity index (χ4n) is 2.76. The van der Waals surface area contributed by atoms with Crippen molar-refractivity contribution in [2.45, 2.75) is 57.3 Å². The Hall–Kier alpha value is -1.07. The van der Waals surface area contributed by atoms with E-state index in [4.69, 9.17) is 4.33 Å². The van der Waals surface area contributed by atoms with Gasteiger partial charge in [0.2, 0.25) is 0 Å². The quantitative estimate of drug-likeness (QED) is 0.468. The highest BCUT2D eigenvalue weighted by molar-refractivity contribution is 7.94. The zero-order valence-electron chi connectivity index (χ0n) is 14.0. The molecule has 0 fully saturated rings. The molecule has 0 saturated carbocycles. The van der Waals surface area contributed by atoms with Crippen LogP contribution in [-0.4, -0.2) is 0 Å². The van der Waals surface area contributed by atoms with E-state index in [1.165, 1.54) is 16.3 Å². The van der Waals surface area contributed by atoms with Crippen LogP contribution >= 0.6 is 12.0 Å². The van der Waals surface area contributed by atoms with Gasteiger partial charge in [0.15, 0.2) is 0 Å². The summed E-state index contributed by atoms with van der Waals surface area (Å²) in [5.41, 5.74) is 2.17. The van der Waals surface area contributed by atoms with Crippen molar-refractivity contribution in [3.05, 3.63) is 41.5 Å². The van der Waals surface area contributed by atoms with E-state index >= 15 is 0 Å². The van der Waals surface area contributed by atoms with E-state index in [1.54, 1.807) is 0 Å². The van der Waals surface area contributed by atoms with Gasteiger partial charge < -0.3 is 5.26 Å². The van der Waals surface area contributed by atoms with Crippen molar-refractivity contribution in [3.8, 4) is 0 Å². The molecule has 0 aliphatic heterocycles. The monoisotopic (exact) mass is 319 g/mol. The van der Waals surface area contributed by atoms with Gasteiger partial charge in [0.05, 0.1) is 12.0 Å². The Kier molecular flexibility index (Phi) is 4.87. The number of benzene rings is 2. The molecular formula is C18H23O3S-. The van der Waals surface area contributed by atoms with Crippen LogP contribution in [0.3, 0.4) is 0 Å². The van der Waals surface area contributed by atoms with Gasteiger partial charge in [-0.3, -0.25) is 5.04 Å². The van der Waals surface area contributed by atoms with Gasteiger partial charge in [-0.25, -0.2) is 0 Å². The minimum Gasteiger partial charge on any atom is -0.691 e. The Bertz CT molecular complexity index is 666. The van der Waals surface area contributed by atoms with Crippen LogP contribution in [0.4, 0.5) is 0 Å². The minimum absolute atomic E-state index is 0.0708. The Morgan fingerprint density at radius 2 is 1.59 bits per heavy atom. The van der Waals surface area contributed by atoms with E-state index in [0.29, 0.717) is 0 Å². The molecule has 2 aromatic carbocycles. The first-order valence-electron chi connectivity index (χ1n) is 7.36. The molecule has 2 aromatic rings. The Labute approximate surface area is 136 Å². The average molecular weight is 319 g/mol. The highest BCUT2D eigenvalue weighted by Gasteiger charge is 2.28. The van der Waals surface area contributed by atoms with Crippen LogP contribution in [0.1, 0.15) is 52.7 Å². The predicted molar refractivity (Wildman–Crippen MR) is 89.4 cm³/mol. The maximum Gasteiger partial charge on any atom is 0.0680 e. The van der Waals surface area contributed by atoms with Crippen LogP contribution < -0.4 is 5.26 Å². The second-order valence-electron chi connectivity index (χ2n) is 7.57. The molecule has 0 N–H and O–H groups in total. The van der Waals surface area contributed by atoms with Gasteiger partial charge >= 0.3 is 0 Å². The van der Waals surface area contributed by atoms with Gasteiger partial charge in [-0.1, -0.05) is 65.8 Å². The summed E-state index contributed by atoms with van der Waals surface area (Å²) in [5, 5.41) is 16.3. The summed E-state index contributed by atoms with van der Waals surface area (Å²) in [7, 11) is 0. The SMILES string of the molecule is CC(C)(C)c1cc2ccccc2c(C(C)(C)C)c1SOO[O-]. The van der Waals surface area contributed by atoms with E-state index < -0.39 is 0 Å². The molecule has 0 spiro atoms. The molecule has 2 rings (SSSR count). The van der Waals surface area contributed by atoms with Gasteiger partial charge in [0.25, 0.3) is 0 Å². The average Bonchev–Trinajstić information content (AvgIpc) is 2.41. The number of hydrogen-bond acceptors (Lipinski definition) is 4. The fraction of sp³-hybridized carbons (Fsp3) is 0.444. The lowest BCUT2D eigenvalue weighted by molar-refractivity contribution is -0.777. The molecule has 0 aliphatic rings. The molecule has 0 atom stereocenters. The maximum absolute atomic E-state index is 10.3. The number of rotatable bonds is 3. The molecule has 0 saturated heterocycles. The summed E-state index contributed by atoms with van der Waals surface area (Å²) in [5.74, 6) is 0. The summed E-state index contributed by atoms with van der Waals surface area (Å²) in [4.78, 5) is 0.967. The molecule has 3 nitrogen and oxygen atoms in total. The zero-order chi connectivity index (χ0) is 16.5. The Morgan fingerprint density at radius 3 is 2.14 bits per heavy atom. The third-order valence-corrected chi connectivity index (χ3v) is 4.42. The fourth-order valence-corrected chi connectivity index (χ4v) is 3.81. The van der Waals surface area contributed by atoms with E-state index in [9.17, 15) is 5.26 Å². The highest BCUT2D eigenvalue weighted by atomic mass is 32.2. The number of hydrogen-bond donors (Lipinski definition) is 0. The van der Waals surface area contributed by atoms with Crippen LogP contribution in [0, 0.1) is 0 Å². The van der Waals surface area contributed by atoms with Crippen molar-refractivity contribution in [2.75, 3.05) is 0 Å². The van der Waals surface area contributed by atoms with Crippen molar-refractivity contribution in [1.29, 1.82) is 0 Å². The van der Waals surface area contributed by atoms with E-state index in [0.717, 1.165) is 22.5 Å². The van der Waals surface area contributed by atoms with Crippen molar-refractivity contribution in [3.63, 3.8) is 0 Å². The molecule has 0 heterocycles. The molecule has 0 amide bonds. The normalized spacial score (nSPS) is 12.9. The van der Waals surface area contributed by atoms with Gasteiger partial charge in [-0.2, -0.15) is 4.33 Å². The lowest BCUT2D eigenvalue weighted by atomic mass is 9.78. The second-order valence-corrected chi connectivity index (χ2v) is 8.28. The van der Waals surface area contributed by atoms with Crippen LogP contribution in [-0.2, 0) is 20.2 Å². The summed E-state index contributed by atoms with van der Waals surface area (Å²) in [6.45, 7) is 13.0. The van der Waals surface area contributed by atoms with Gasteiger partial charge in [0.1, 0.15) is 0 Å². The molecule has 0 aromatic heterocycles. The third kappa shape index (κ3) is 3.46. The summed E-state index contributed by atoms with van der Waals surface area (Å²) >= 11 is 1.01. The van der Waals surface area contributed by atoms with Crippen LogP contribution in [0.25, 0.3) is 10.8 Å². The molecule has 22 heavy (non-hydrogen) atoms. The molecule has 0 bridgehead atoms. The highest BCUT2D eigenvalue weighted by Crippen LogP contribution is 2.44. The summed E-state index contributed by atoms with van der Waals surface area (Å²) in [6, 6.07) is 10.5. The van der Waals surface area contributed by atoms with E-state index in [-0.39, 0.29) is 10.8 Å². The maximum atomic E-state index is 10.3. The molecule has 0 radical (unpaired) electrons. The van der Waals surface area contributed by atoms with Crippen molar-refractivity contribution < 1.29 is 14.6 Å². The third-order valence-electron chi connectivity index (χ3n) is 3.70. The molecular weight excluding hydrogens is 296 g/mol.